The average molecular weight is 206 g/mol. The van der Waals surface area contributed by atoms with Gasteiger partial charge in [0.1, 0.15) is 11.6 Å². The zero-order valence-corrected chi connectivity index (χ0v) is 9.08. The second kappa shape index (κ2) is 5.07. The molecule has 1 aliphatic rings. The molecular formula is C11H18N4. The third-order valence-electron chi connectivity index (χ3n) is 2.74. The summed E-state index contributed by atoms with van der Waals surface area (Å²) in [7, 11) is 0. The first-order valence-corrected chi connectivity index (χ1v) is 5.64. The predicted molar refractivity (Wildman–Crippen MR) is 59.5 cm³/mol. The van der Waals surface area contributed by atoms with Gasteiger partial charge in [-0.1, -0.05) is 6.08 Å². The van der Waals surface area contributed by atoms with Crippen LogP contribution in [-0.4, -0.2) is 21.3 Å². The molecule has 0 spiro atoms. The van der Waals surface area contributed by atoms with Gasteiger partial charge in [-0.15, -0.1) is 16.8 Å². The third kappa shape index (κ3) is 2.45. The van der Waals surface area contributed by atoms with Gasteiger partial charge in [0.15, 0.2) is 0 Å². The van der Waals surface area contributed by atoms with E-state index in [1.54, 1.807) is 0 Å². The van der Waals surface area contributed by atoms with Gasteiger partial charge in [0.2, 0.25) is 0 Å². The van der Waals surface area contributed by atoms with Crippen molar-refractivity contribution in [2.24, 2.45) is 0 Å². The maximum absolute atomic E-state index is 4.22. The van der Waals surface area contributed by atoms with Crippen LogP contribution in [0.3, 0.4) is 0 Å². The molecule has 0 saturated heterocycles. The lowest BCUT2D eigenvalue weighted by atomic mass is 10.2. The van der Waals surface area contributed by atoms with Crippen LogP contribution in [0.15, 0.2) is 12.7 Å². The zero-order chi connectivity index (χ0) is 10.5. The van der Waals surface area contributed by atoms with Crippen molar-refractivity contribution in [3.8, 4) is 0 Å². The largest absolute Gasteiger partial charge is 0.314 e. The Balaban J connectivity index is 1.90. The lowest BCUT2D eigenvalue weighted by molar-refractivity contribution is 0.498. The molecule has 1 aliphatic heterocycles. The quantitative estimate of drug-likeness (QED) is 0.583. The maximum atomic E-state index is 4.22. The van der Waals surface area contributed by atoms with Crippen LogP contribution in [0.5, 0.6) is 0 Å². The highest BCUT2D eigenvalue weighted by Gasteiger charge is 2.14. The minimum Gasteiger partial charge on any atom is -0.314 e. The molecule has 0 aliphatic carbocycles. The lowest BCUT2D eigenvalue weighted by Gasteiger charge is -2.14. The molecule has 0 aromatic carbocycles. The van der Waals surface area contributed by atoms with Gasteiger partial charge in [0.25, 0.3) is 0 Å². The van der Waals surface area contributed by atoms with Crippen molar-refractivity contribution in [3.05, 3.63) is 24.3 Å². The fourth-order valence-electron chi connectivity index (χ4n) is 1.90. The molecule has 1 N–H and O–H groups in total. The van der Waals surface area contributed by atoms with Crippen molar-refractivity contribution in [1.29, 1.82) is 0 Å². The standard InChI is InChI=1S/C11H18N4/c1-2-3-7-12-9-11-14-13-10-6-4-5-8-15(10)11/h2,12H,1,3-9H2. The van der Waals surface area contributed by atoms with Crippen molar-refractivity contribution in [1.82, 2.24) is 20.1 Å². The molecular weight excluding hydrogens is 188 g/mol. The highest BCUT2D eigenvalue weighted by Crippen LogP contribution is 2.13. The monoisotopic (exact) mass is 206 g/mol. The maximum Gasteiger partial charge on any atom is 0.147 e. The summed E-state index contributed by atoms with van der Waals surface area (Å²) in [5.74, 6) is 2.23. The van der Waals surface area contributed by atoms with Crippen molar-refractivity contribution in [2.75, 3.05) is 6.54 Å². The Bertz CT molecular complexity index is 329. The lowest BCUT2D eigenvalue weighted by Crippen LogP contribution is -2.20. The first-order valence-electron chi connectivity index (χ1n) is 5.64. The number of nitrogens with zero attached hydrogens (tertiary/aromatic N) is 3. The normalized spacial score (nSPS) is 14.9. The van der Waals surface area contributed by atoms with Gasteiger partial charge in [-0.25, -0.2) is 0 Å². The van der Waals surface area contributed by atoms with Crippen molar-refractivity contribution in [2.45, 2.75) is 38.8 Å². The Morgan fingerprint density at radius 3 is 3.20 bits per heavy atom. The van der Waals surface area contributed by atoms with E-state index in [9.17, 15) is 0 Å². The van der Waals surface area contributed by atoms with Crippen LogP contribution in [0.4, 0.5) is 0 Å². The van der Waals surface area contributed by atoms with Gasteiger partial charge in [-0.3, -0.25) is 0 Å². The summed E-state index contributed by atoms with van der Waals surface area (Å²) in [6.07, 6.45) is 6.51. The highest BCUT2D eigenvalue weighted by atomic mass is 15.3. The van der Waals surface area contributed by atoms with Crippen LogP contribution in [-0.2, 0) is 19.5 Å². The number of rotatable bonds is 5. The fourth-order valence-corrected chi connectivity index (χ4v) is 1.90. The van der Waals surface area contributed by atoms with E-state index in [0.29, 0.717) is 0 Å². The Morgan fingerprint density at radius 2 is 2.33 bits per heavy atom. The molecule has 2 heterocycles. The van der Waals surface area contributed by atoms with E-state index in [-0.39, 0.29) is 0 Å². The minimum absolute atomic E-state index is 0.820. The summed E-state index contributed by atoms with van der Waals surface area (Å²) < 4.78 is 2.25. The molecule has 4 heteroatoms. The van der Waals surface area contributed by atoms with Crippen LogP contribution in [0.2, 0.25) is 0 Å². The smallest absolute Gasteiger partial charge is 0.147 e. The molecule has 0 fully saturated rings. The number of aryl methyl sites for hydroxylation is 1. The van der Waals surface area contributed by atoms with Gasteiger partial charge in [-0.2, -0.15) is 0 Å². The van der Waals surface area contributed by atoms with Crippen LogP contribution in [0.1, 0.15) is 30.9 Å². The van der Waals surface area contributed by atoms with E-state index in [1.807, 2.05) is 6.08 Å². The van der Waals surface area contributed by atoms with E-state index >= 15 is 0 Å². The molecule has 82 valence electrons. The van der Waals surface area contributed by atoms with E-state index in [2.05, 4.69) is 26.7 Å². The highest BCUT2D eigenvalue weighted by molar-refractivity contribution is 4.98. The van der Waals surface area contributed by atoms with Crippen LogP contribution in [0, 0.1) is 0 Å². The summed E-state index contributed by atoms with van der Waals surface area (Å²) in [6, 6.07) is 0. The van der Waals surface area contributed by atoms with E-state index in [0.717, 1.165) is 44.1 Å². The SMILES string of the molecule is C=CCCNCc1nnc2n1CCCC2. The molecule has 1 aromatic heterocycles. The molecule has 2 rings (SSSR count). The van der Waals surface area contributed by atoms with Gasteiger partial charge < -0.3 is 9.88 Å². The van der Waals surface area contributed by atoms with Crippen molar-refractivity contribution in [3.63, 3.8) is 0 Å². The van der Waals surface area contributed by atoms with Crippen LogP contribution in [0.25, 0.3) is 0 Å². The molecule has 1 aromatic rings. The van der Waals surface area contributed by atoms with Gasteiger partial charge >= 0.3 is 0 Å². The van der Waals surface area contributed by atoms with Crippen LogP contribution >= 0.6 is 0 Å². The molecule has 0 unspecified atom stereocenters. The first-order chi connectivity index (χ1) is 7.42. The second-order valence-corrected chi connectivity index (χ2v) is 3.90. The number of nitrogens with one attached hydrogen (secondary N) is 1. The van der Waals surface area contributed by atoms with Crippen LogP contribution < -0.4 is 5.32 Å². The molecule has 0 amide bonds. The Morgan fingerprint density at radius 1 is 1.40 bits per heavy atom. The molecule has 15 heavy (non-hydrogen) atoms. The fraction of sp³-hybridized carbons (Fsp3) is 0.636. The van der Waals surface area contributed by atoms with E-state index < -0.39 is 0 Å². The topological polar surface area (TPSA) is 42.7 Å². The third-order valence-corrected chi connectivity index (χ3v) is 2.74. The average Bonchev–Trinajstić information content (AvgIpc) is 2.68. The summed E-state index contributed by atoms with van der Waals surface area (Å²) in [6.45, 7) is 6.56. The Kier molecular flexibility index (Phi) is 3.50. The van der Waals surface area contributed by atoms with Gasteiger partial charge in [0, 0.05) is 13.0 Å². The number of aromatic nitrogens is 3. The van der Waals surface area contributed by atoms with Crippen molar-refractivity contribution < 1.29 is 0 Å². The minimum atomic E-state index is 0.820. The summed E-state index contributed by atoms with van der Waals surface area (Å²) in [5, 5.41) is 11.8. The second-order valence-electron chi connectivity index (χ2n) is 3.90. The molecule has 0 saturated carbocycles. The summed E-state index contributed by atoms with van der Waals surface area (Å²) in [4.78, 5) is 0. The molecule has 4 nitrogen and oxygen atoms in total. The van der Waals surface area contributed by atoms with Crippen molar-refractivity contribution >= 4 is 0 Å². The zero-order valence-electron chi connectivity index (χ0n) is 9.08. The Hall–Kier alpha value is -1.16. The summed E-state index contributed by atoms with van der Waals surface area (Å²) in [5.41, 5.74) is 0. The van der Waals surface area contributed by atoms with Gasteiger partial charge in [-0.05, 0) is 25.8 Å². The molecule has 0 bridgehead atoms. The first kappa shape index (κ1) is 10.4. The Labute approximate surface area is 90.4 Å². The number of fused-ring (bicyclic) bond motifs is 1. The number of hydrogen-bond donors (Lipinski definition) is 1. The summed E-state index contributed by atoms with van der Waals surface area (Å²) >= 11 is 0. The molecule has 0 atom stereocenters. The number of hydrogen-bond acceptors (Lipinski definition) is 3. The molecule has 0 radical (unpaired) electrons. The van der Waals surface area contributed by atoms with Gasteiger partial charge in [0.05, 0.1) is 6.54 Å². The van der Waals surface area contributed by atoms with E-state index in [4.69, 9.17) is 0 Å². The van der Waals surface area contributed by atoms with E-state index in [1.165, 1.54) is 12.8 Å². The predicted octanol–water partition coefficient (Wildman–Crippen LogP) is 1.28.